The Bertz CT molecular complexity index is 643. The Balaban J connectivity index is 1.86. The van der Waals surface area contributed by atoms with Gasteiger partial charge < -0.3 is 5.32 Å². The number of anilines is 1. The topological polar surface area (TPSA) is 42.2 Å². The molecule has 1 saturated carbocycles. The molecule has 0 spiro atoms. The predicted octanol–water partition coefficient (Wildman–Crippen LogP) is 3.45. The van der Waals surface area contributed by atoms with E-state index in [1.807, 2.05) is 0 Å². The first-order valence-corrected chi connectivity index (χ1v) is 7.87. The zero-order valence-corrected chi connectivity index (χ0v) is 12.3. The van der Waals surface area contributed by atoms with Crippen molar-refractivity contribution in [2.24, 2.45) is 0 Å². The van der Waals surface area contributed by atoms with Gasteiger partial charge in [-0.05, 0) is 19.1 Å². The van der Waals surface area contributed by atoms with Gasteiger partial charge in [-0.15, -0.1) is 0 Å². The number of hydrogen-bond acceptors (Lipinski definition) is 4. The average molecular weight is 316 g/mol. The fourth-order valence-corrected chi connectivity index (χ4v) is 3.38. The molecule has 0 amide bonds. The lowest BCUT2D eigenvalue weighted by atomic mass is 9.84. The molecular weight excluding hydrogens is 301 g/mol. The maximum absolute atomic E-state index is 12.7. The van der Waals surface area contributed by atoms with Crippen LogP contribution in [0.15, 0.2) is 18.5 Å². The predicted molar refractivity (Wildman–Crippen MR) is 76.6 cm³/mol. The van der Waals surface area contributed by atoms with Crippen LogP contribution in [0.5, 0.6) is 0 Å². The lowest BCUT2D eigenvalue weighted by Crippen LogP contribution is -2.40. The van der Waals surface area contributed by atoms with E-state index in [1.165, 1.54) is 23.3 Å². The van der Waals surface area contributed by atoms with Crippen LogP contribution in [0.4, 0.5) is 19.0 Å². The molecule has 1 aliphatic carbocycles. The molecule has 8 heteroatoms. The molecule has 1 aliphatic rings. The molecule has 0 aliphatic heterocycles. The van der Waals surface area contributed by atoms with Gasteiger partial charge in [-0.1, -0.05) is 6.42 Å². The van der Waals surface area contributed by atoms with Crippen molar-refractivity contribution in [2.75, 3.05) is 18.1 Å². The molecule has 0 radical (unpaired) electrons. The van der Waals surface area contributed by atoms with Crippen molar-refractivity contribution >= 4 is 23.1 Å². The highest BCUT2D eigenvalue weighted by Gasteiger charge is 2.37. The average Bonchev–Trinajstić information content (AvgIpc) is 2.82. The Kier molecular flexibility index (Phi) is 3.51. The van der Waals surface area contributed by atoms with E-state index in [1.54, 1.807) is 11.8 Å². The minimum atomic E-state index is -4.45. The van der Waals surface area contributed by atoms with Crippen molar-refractivity contribution in [3.63, 3.8) is 0 Å². The van der Waals surface area contributed by atoms with Gasteiger partial charge in [0.05, 0.1) is 0 Å². The summed E-state index contributed by atoms with van der Waals surface area (Å²) in [6.07, 6.45) is 3.94. The Morgan fingerprint density at radius 3 is 2.76 bits per heavy atom. The third-order valence-electron chi connectivity index (χ3n) is 3.96. The molecule has 0 aromatic carbocycles. The van der Waals surface area contributed by atoms with Crippen molar-refractivity contribution in [1.29, 1.82) is 0 Å². The summed E-state index contributed by atoms with van der Waals surface area (Å²) in [7, 11) is 0. The van der Waals surface area contributed by atoms with E-state index in [4.69, 9.17) is 0 Å². The maximum atomic E-state index is 12.7. The molecule has 2 aromatic rings. The first-order valence-electron chi connectivity index (χ1n) is 6.64. The van der Waals surface area contributed by atoms with Gasteiger partial charge in [0, 0.05) is 29.8 Å². The molecule has 0 atom stereocenters. The van der Waals surface area contributed by atoms with Crippen molar-refractivity contribution in [3.05, 3.63) is 24.2 Å². The van der Waals surface area contributed by atoms with Gasteiger partial charge in [0.15, 0.2) is 11.5 Å². The maximum Gasteiger partial charge on any atom is 0.435 e. The molecule has 3 rings (SSSR count). The standard InChI is InChI=1S/C13H15F3N4S/c1-21-12(3-2-4-12)8-18-11-9-7-10(13(14,15)16)19-20(9)6-5-17-11/h5-7H,2-4,8H2,1H3,(H,17,18). The van der Waals surface area contributed by atoms with Crippen molar-refractivity contribution < 1.29 is 13.2 Å². The molecule has 4 nitrogen and oxygen atoms in total. The van der Waals surface area contributed by atoms with Gasteiger partial charge in [0.2, 0.25) is 0 Å². The normalized spacial score (nSPS) is 17.7. The first kappa shape index (κ1) is 14.5. The Morgan fingerprint density at radius 1 is 1.43 bits per heavy atom. The zero-order valence-electron chi connectivity index (χ0n) is 11.4. The quantitative estimate of drug-likeness (QED) is 0.938. The van der Waals surface area contributed by atoms with E-state index in [2.05, 4.69) is 21.7 Å². The van der Waals surface area contributed by atoms with Gasteiger partial charge in [-0.3, -0.25) is 0 Å². The van der Waals surface area contributed by atoms with Crippen LogP contribution >= 0.6 is 11.8 Å². The lowest BCUT2D eigenvalue weighted by molar-refractivity contribution is -0.141. The molecule has 2 aromatic heterocycles. The smallest absolute Gasteiger partial charge is 0.367 e. The highest BCUT2D eigenvalue weighted by atomic mass is 32.2. The summed E-state index contributed by atoms with van der Waals surface area (Å²) in [5.74, 6) is 0.445. The van der Waals surface area contributed by atoms with E-state index in [0.717, 1.165) is 18.9 Å². The zero-order chi connectivity index (χ0) is 15.1. The van der Waals surface area contributed by atoms with Gasteiger partial charge in [0.1, 0.15) is 5.52 Å². The van der Waals surface area contributed by atoms with Crippen LogP contribution in [0.25, 0.3) is 5.52 Å². The second-order valence-corrected chi connectivity index (χ2v) is 6.50. The number of thioether (sulfide) groups is 1. The number of hydrogen-bond donors (Lipinski definition) is 1. The Labute approximate surface area is 124 Å². The van der Waals surface area contributed by atoms with Crippen molar-refractivity contribution in [2.45, 2.75) is 30.2 Å². The van der Waals surface area contributed by atoms with E-state index < -0.39 is 11.9 Å². The number of rotatable bonds is 4. The highest BCUT2D eigenvalue weighted by molar-refractivity contribution is 8.00. The Morgan fingerprint density at radius 2 is 2.19 bits per heavy atom. The SMILES string of the molecule is CSC1(CNc2nccn3nc(C(F)(F)F)cc23)CCC1. The molecule has 114 valence electrons. The fourth-order valence-electron chi connectivity index (χ4n) is 2.47. The van der Waals surface area contributed by atoms with Gasteiger partial charge in [0.25, 0.3) is 0 Å². The first-order chi connectivity index (χ1) is 9.93. The summed E-state index contributed by atoms with van der Waals surface area (Å²) in [5, 5.41) is 6.74. The number of nitrogens with zero attached hydrogens (tertiary/aromatic N) is 3. The van der Waals surface area contributed by atoms with E-state index in [-0.39, 0.29) is 4.75 Å². The number of halogens is 3. The van der Waals surface area contributed by atoms with Crippen LogP contribution < -0.4 is 5.32 Å². The van der Waals surface area contributed by atoms with Crippen LogP contribution in [0.3, 0.4) is 0 Å². The van der Waals surface area contributed by atoms with E-state index in [9.17, 15) is 13.2 Å². The molecular formula is C13H15F3N4S. The van der Waals surface area contributed by atoms with Gasteiger partial charge in [-0.2, -0.15) is 30.0 Å². The summed E-state index contributed by atoms with van der Waals surface area (Å²) < 4.78 is 39.6. The van der Waals surface area contributed by atoms with Crippen LogP contribution in [0.1, 0.15) is 25.0 Å². The number of fused-ring (bicyclic) bond motifs is 1. The summed E-state index contributed by atoms with van der Waals surface area (Å²) >= 11 is 1.80. The summed E-state index contributed by atoms with van der Waals surface area (Å²) in [6, 6.07) is 1.03. The number of nitrogens with one attached hydrogen (secondary N) is 1. The molecule has 1 fully saturated rings. The largest absolute Gasteiger partial charge is 0.435 e. The minimum absolute atomic E-state index is 0.182. The molecule has 2 heterocycles. The summed E-state index contributed by atoms with van der Waals surface area (Å²) in [6.45, 7) is 0.702. The van der Waals surface area contributed by atoms with Crippen molar-refractivity contribution in [1.82, 2.24) is 14.6 Å². The number of alkyl halides is 3. The van der Waals surface area contributed by atoms with Crippen molar-refractivity contribution in [3.8, 4) is 0 Å². The molecule has 21 heavy (non-hydrogen) atoms. The van der Waals surface area contributed by atoms with E-state index in [0.29, 0.717) is 17.9 Å². The van der Waals surface area contributed by atoms with Gasteiger partial charge in [-0.25, -0.2) is 9.50 Å². The monoisotopic (exact) mass is 316 g/mol. The number of aromatic nitrogens is 3. The van der Waals surface area contributed by atoms with Gasteiger partial charge >= 0.3 is 6.18 Å². The highest BCUT2D eigenvalue weighted by Crippen LogP contribution is 2.42. The summed E-state index contributed by atoms with van der Waals surface area (Å²) in [4.78, 5) is 4.15. The van der Waals surface area contributed by atoms with Crippen LogP contribution in [0.2, 0.25) is 0 Å². The summed E-state index contributed by atoms with van der Waals surface area (Å²) in [5.41, 5.74) is -0.554. The fraction of sp³-hybridized carbons (Fsp3) is 0.538. The van der Waals surface area contributed by atoms with Crippen LogP contribution in [-0.2, 0) is 6.18 Å². The second-order valence-electron chi connectivity index (χ2n) is 5.23. The lowest BCUT2D eigenvalue weighted by Gasteiger charge is -2.40. The minimum Gasteiger partial charge on any atom is -0.367 e. The van der Waals surface area contributed by atoms with Crippen LogP contribution in [0, 0.1) is 0 Å². The molecule has 0 bridgehead atoms. The molecule has 0 saturated heterocycles. The Hall–Kier alpha value is -1.44. The molecule has 1 N–H and O–H groups in total. The van der Waals surface area contributed by atoms with Crippen LogP contribution in [-0.4, -0.2) is 32.1 Å². The third kappa shape index (κ3) is 2.68. The second kappa shape index (κ2) is 5.08. The molecule has 0 unspecified atom stereocenters. The third-order valence-corrected chi connectivity index (χ3v) is 5.37. The van der Waals surface area contributed by atoms with E-state index >= 15 is 0 Å².